The second kappa shape index (κ2) is 3.85. The summed E-state index contributed by atoms with van der Waals surface area (Å²) in [5, 5.41) is 0. The van der Waals surface area contributed by atoms with Crippen LogP contribution in [0.5, 0.6) is 0 Å². The molecule has 0 radical (unpaired) electrons. The Morgan fingerprint density at radius 3 is 2.92 bits per heavy atom. The summed E-state index contributed by atoms with van der Waals surface area (Å²) in [6.07, 6.45) is 2.61. The predicted octanol–water partition coefficient (Wildman–Crippen LogP) is 1.47. The van der Waals surface area contributed by atoms with Crippen molar-refractivity contribution >= 4 is 5.78 Å². The van der Waals surface area contributed by atoms with Crippen molar-refractivity contribution in [3.8, 4) is 0 Å². The number of rotatable bonds is 2. The quantitative estimate of drug-likeness (QED) is 0.580. The van der Waals surface area contributed by atoms with Crippen LogP contribution in [0.2, 0.25) is 0 Å². The Balaban J connectivity index is 2.54. The Morgan fingerprint density at radius 1 is 1.67 bits per heavy atom. The highest BCUT2D eigenvalue weighted by atomic mass is 16.1. The van der Waals surface area contributed by atoms with Crippen LogP contribution in [-0.4, -0.2) is 29.8 Å². The number of ketones is 1. The molecule has 1 aliphatic rings. The second-order valence-electron chi connectivity index (χ2n) is 3.66. The molecule has 2 nitrogen and oxygen atoms in total. The van der Waals surface area contributed by atoms with Crippen LogP contribution in [0.1, 0.15) is 20.3 Å². The first-order valence-corrected chi connectivity index (χ1v) is 4.52. The molecule has 1 fully saturated rings. The van der Waals surface area contributed by atoms with E-state index in [2.05, 4.69) is 18.4 Å². The van der Waals surface area contributed by atoms with Gasteiger partial charge < -0.3 is 0 Å². The Labute approximate surface area is 74.2 Å². The Bertz CT molecular complexity index is 188. The molecule has 0 N–H and O–H groups in total. The van der Waals surface area contributed by atoms with Crippen molar-refractivity contribution in [2.45, 2.75) is 26.3 Å². The summed E-state index contributed by atoms with van der Waals surface area (Å²) in [4.78, 5) is 13.6. The summed E-state index contributed by atoms with van der Waals surface area (Å²) >= 11 is 0. The average molecular weight is 167 g/mol. The zero-order valence-electron chi connectivity index (χ0n) is 7.92. The van der Waals surface area contributed by atoms with Gasteiger partial charge >= 0.3 is 0 Å². The van der Waals surface area contributed by atoms with Crippen LogP contribution >= 0.6 is 0 Å². The molecule has 2 atom stereocenters. The largest absolute Gasteiger partial charge is 0.299 e. The third-order valence-electron chi connectivity index (χ3n) is 2.54. The van der Waals surface area contributed by atoms with Gasteiger partial charge in [-0.15, -0.1) is 6.58 Å². The van der Waals surface area contributed by atoms with Crippen LogP contribution in [0.4, 0.5) is 0 Å². The van der Waals surface area contributed by atoms with E-state index < -0.39 is 0 Å². The van der Waals surface area contributed by atoms with E-state index in [1.807, 2.05) is 13.0 Å². The van der Waals surface area contributed by atoms with E-state index in [9.17, 15) is 4.79 Å². The molecule has 2 heteroatoms. The van der Waals surface area contributed by atoms with Crippen LogP contribution in [-0.2, 0) is 4.79 Å². The van der Waals surface area contributed by atoms with Gasteiger partial charge in [-0.05, 0) is 6.92 Å². The van der Waals surface area contributed by atoms with E-state index in [4.69, 9.17) is 0 Å². The third-order valence-corrected chi connectivity index (χ3v) is 2.54. The number of carbonyl (C=O) groups is 1. The fraction of sp³-hybridized carbons (Fsp3) is 0.700. The first kappa shape index (κ1) is 9.46. The number of likely N-dealkylation sites (tertiary alicyclic amines) is 1. The standard InChI is InChI=1S/C10H17NO/c1-4-5-11-7-8(2)10(12)6-9(11)3/h4,8-9H,1,5-7H2,2-3H3. The summed E-state index contributed by atoms with van der Waals surface area (Å²) in [5.41, 5.74) is 0. The van der Waals surface area contributed by atoms with Gasteiger partial charge in [-0.2, -0.15) is 0 Å². The van der Waals surface area contributed by atoms with Gasteiger partial charge in [-0.25, -0.2) is 0 Å². The molecular formula is C10H17NO. The average Bonchev–Trinajstić information content (AvgIpc) is 2.01. The number of Topliss-reactive ketones (excluding diaryl/α,β-unsaturated/α-hetero) is 1. The monoisotopic (exact) mass is 167 g/mol. The molecular weight excluding hydrogens is 150 g/mol. The highest BCUT2D eigenvalue weighted by molar-refractivity contribution is 5.82. The molecule has 68 valence electrons. The fourth-order valence-electron chi connectivity index (χ4n) is 1.68. The van der Waals surface area contributed by atoms with Crippen molar-refractivity contribution in [1.29, 1.82) is 0 Å². The van der Waals surface area contributed by atoms with Crippen molar-refractivity contribution in [2.24, 2.45) is 5.92 Å². The lowest BCUT2D eigenvalue weighted by atomic mass is 9.94. The van der Waals surface area contributed by atoms with Crippen LogP contribution in [0, 0.1) is 5.92 Å². The SMILES string of the molecule is C=CCN1CC(C)C(=O)CC1C. The number of carbonyl (C=O) groups excluding carboxylic acids is 1. The maximum absolute atomic E-state index is 11.3. The zero-order valence-corrected chi connectivity index (χ0v) is 7.92. The predicted molar refractivity (Wildman–Crippen MR) is 50.0 cm³/mol. The summed E-state index contributed by atoms with van der Waals surface area (Å²) in [6.45, 7) is 9.61. The molecule has 2 unspecified atom stereocenters. The van der Waals surface area contributed by atoms with Crippen molar-refractivity contribution in [3.05, 3.63) is 12.7 Å². The molecule has 0 aromatic heterocycles. The lowest BCUT2D eigenvalue weighted by molar-refractivity contribution is -0.127. The summed E-state index contributed by atoms with van der Waals surface area (Å²) < 4.78 is 0. The third kappa shape index (κ3) is 1.95. The first-order valence-electron chi connectivity index (χ1n) is 4.52. The second-order valence-corrected chi connectivity index (χ2v) is 3.66. The summed E-state index contributed by atoms with van der Waals surface area (Å²) in [6, 6.07) is 0.395. The maximum atomic E-state index is 11.3. The minimum Gasteiger partial charge on any atom is -0.299 e. The summed E-state index contributed by atoms with van der Waals surface area (Å²) in [5.74, 6) is 0.615. The van der Waals surface area contributed by atoms with Gasteiger partial charge in [0.25, 0.3) is 0 Å². The molecule has 0 aliphatic carbocycles. The van der Waals surface area contributed by atoms with E-state index in [0.29, 0.717) is 18.2 Å². The maximum Gasteiger partial charge on any atom is 0.138 e. The topological polar surface area (TPSA) is 20.3 Å². The molecule has 1 aliphatic heterocycles. The van der Waals surface area contributed by atoms with E-state index in [-0.39, 0.29) is 5.92 Å². The van der Waals surface area contributed by atoms with Gasteiger partial charge in [-0.1, -0.05) is 13.0 Å². The minimum atomic E-state index is 0.209. The van der Waals surface area contributed by atoms with Gasteiger partial charge in [0.1, 0.15) is 5.78 Å². The molecule has 1 heterocycles. The van der Waals surface area contributed by atoms with Crippen LogP contribution in [0.3, 0.4) is 0 Å². The highest BCUT2D eigenvalue weighted by Gasteiger charge is 2.27. The molecule has 0 amide bonds. The Morgan fingerprint density at radius 2 is 2.33 bits per heavy atom. The number of hydrogen-bond acceptors (Lipinski definition) is 2. The lowest BCUT2D eigenvalue weighted by Crippen LogP contribution is -2.45. The molecule has 12 heavy (non-hydrogen) atoms. The Kier molecular flexibility index (Phi) is 3.04. The van der Waals surface area contributed by atoms with Gasteiger partial charge in [0.15, 0.2) is 0 Å². The normalized spacial score (nSPS) is 32.0. The van der Waals surface area contributed by atoms with E-state index in [1.54, 1.807) is 0 Å². The van der Waals surface area contributed by atoms with E-state index in [1.165, 1.54) is 0 Å². The molecule has 0 spiro atoms. The molecule has 0 aromatic rings. The molecule has 1 saturated heterocycles. The minimum absolute atomic E-state index is 0.209. The van der Waals surface area contributed by atoms with E-state index >= 15 is 0 Å². The van der Waals surface area contributed by atoms with Crippen LogP contribution in [0.25, 0.3) is 0 Å². The lowest BCUT2D eigenvalue weighted by Gasteiger charge is -2.34. The number of hydrogen-bond donors (Lipinski definition) is 0. The van der Waals surface area contributed by atoms with Crippen molar-refractivity contribution in [2.75, 3.05) is 13.1 Å². The number of nitrogens with zero attached hydrogens (tertiary/aromatic N) is 1. The Hall–Kier alpha value is -0.630. The zero-order chi connectivity index (χ0) is 9.14. The van der Waals surface area contributed by atoms with Gasteiger partial charge in [0, 0.05) is 31.5 Å². The fourth-order valence-corrected chi connectivity index (χ4v) is 1.68. The summed E-state index contributed by atoms with van der Waals surface area (Å²) in [7, 11) is 0. The molecule has 0 aromatic carbocycles. The van der Waals surface area contributed by atoms with Crippen LogP contribution < -0.4 is 0 Å². The van der Waals surface area contributed by atoms with Gasteiger partial charge in [-0.3, -0.25) is 9.69 Å². The number of piperidine rings is 1. The van der Waals surface area contributed by atoms with Crippen LogP contribution in [0.15, 0.2) is 12.7 Å². The smallest absolute Gasteiger partial charge is 0.138 e. The molecule has 0 saturated carbocycles. The van der Waals surface area contributed by atoms with Crippen molar-refractivity contribution in [3.63, 3.8) is 0 Å². The van der Waals surface area contributed by atoms with Crippen molar-refractivity contribution < 1.29 is 4.79 Å². The first-order chi connectivity index (χ1) is 5.65. The molecule has 1 rings (SSSR count). The van der Waals surface area contributed by atoms with Gasteiger partial charge in [0.2, 0.25) is 0 Å². The van der Waals surface area contributed by atoms with E-state index in [0.717, 1.165) is 13.1 Å². The van der Waals surface area contributed by atoms with Gasteiger partial charge in [0.05, 0.1) is 0 Å². The molecule has 0 bridgehead atoms. The highest BCUT2D eigenvalue weighted by Crippen LogP contribution is 2.17. The van der Waals surface area contributed by atoms with Crippen molar-refractivity contribution in [1.82, 2.24) is 4.90 Å².